The largest absolute Gasteiger partial charge is 0.495 e. The number of fused-ring (bicyclic) bond motifs is 1. The summed E-state index contributed by atoms with van der Waals surface area (Å²) in [5.74, 6) is 0.799. The predicted octanol–water partition coefficient (Wildman–Crippen LogP) is 5.74. The summed E-state index contributed by atoms with van der Waals surface area (Å²) in [7, 11) is 1.69. The zero-order valence-electron chi connectivity index (χ0n) is 18.0. The van der Waals surface area contributed by atoms with Gasteiger partial charge in [0.05, 0.1) is 24.5 Å². The van der Waals surface area contributed by atoms with Gasteiger partial charge in [0.25, 0.3) is 0 Å². The molecule has 7 heteroatoms. The summed E-state index contributed by atoms with van der Waals surface area (Å²) in [5.41, 5.74) is 5.54. The number of hydrogen-bond donors (Lipinski definition) is 0. The fourth-order valence-electron chi connectivity index (χ4n) is 4.75. The number of thioether (sulfide) groups is 1. The van der Waals surface area contributed by atoms with Gasteiger partial charge in [-0.3, -0.25) is 9.98 Å². The zero-order valence-corrected chi connectivity index (χ0v) is 19.6. The van der Waals surface area contributed by atoms with E-state index in [-0.39, 0.29) is 12.1 Å². The number of ether oxygens (including phenoxy) is 1. The molecule has 3 aromatic rings. The third-order valence-electron chi connectivity index (χ3n) is 6.05. The summed E-state index contributed by atoms with van der Waals surface area (Å²) >= 11 is 8.21. The highest BCUT2D eigenvalue weighted by molar-refractivity contribution is 8.14. The first-order chi connectivity index (χ1) is 15.0. The van der Waals surface area contributed by atoms with Crippen molar-refractivity contribution in [2.24, 2.45) is 4.99 Å². The Balaban J connectivity index is 1.65. The summed E-state index contributed by atoms with van der Waals surface area (Å²) in [6, 6.07) is 14.2. The van der Waals surface area contributed by atoms with Crippen LogP contribution >= 0.6 is 23.4 Å². The van der Waals surface area contributed by atoms with Crippen LogP contribution in [0.1, 0.15) is 41.7 Å². The number of aryl methyl sites for hydroxylation is 1. The van der Waals surface area contributed by atoms with Gasteiger partial charge in [0.1, 0.15) is 11.8 Å². The van der Waals surface area contributed by atoms with Crippen LogP contribution in [0.3, 0.4) is 0 Å². The summed E-state index contributed by atoms with van der Waals surface area (Å²) in [6.07, 6.45) is 1.85. The molecule has 160 valence electrons. The van der Waals surface area contributed by atoms with E-state index in [4.69, 9.17) is 21.3 Å². The first-order valence-electron chi connectivity index (χ1n) is 10.4. The van der Waals surface area contributed by atoms with Crippen molar-refractivity contribution in [2.75, 3.05) is 13.7 Å². The van der Waals surface area contributed by atoms with Crippen LogP contribution in [0.5, 0.6) is 5.75 Å². The Hall–Kier alpha value is -2.44. The molecule has 0 amide bonds. The molecule has 0 aliphatic carbocycles. The summed E-state index contributed by atoms with van der Waals surface area (Å²) < 4.78 is 7.88. The van der Waals surface area contributed by atoms with Gasteiger partial charge >= 0.3 is 0 Å². The Morgan fingerprint density at radius 3 is 2.74 bits per heavy atom. The molecule has 0 saturated carbocycles. The summed E-state index contributed by atoms with van der Waals surface area (Å²) in [6.45, 7) is 7.55. The van der Waals surface area contributed by atoms with Crippen LogP contribution in [0.2, 0.25) is 5.02 Å². The van der Waals surface area contributed by atoms with Crippen LogP contribution in [0, 0.1) is 13.8 Å². The van der Waals surface area contributed by atoms with Gasteiger partial charge in [-0.05, 0) is 55.8 Å². The lowest BCUT2D eigenvalue weighted by molar-refractivity contribution is 0.320. The molecular formula is C24H25ClN4OS. The molecule has 2 aliphatic heterocycles. The monoisotopic (exact) mass is 452 g/mol. The molecule has 5 rings (SSSR count). The van der Waals surface area contributed by atoms with Crippen molar-refractivity contribution >= 4 is 28.5 Å². The van der Waals surface area contributed by atoms with Gasteiger partial charge in [0, 0.05) is 34.4 Å². The molecule has 31 heavy (non-hydrogen) atoms. The van der Waals surface area contributed by atoms with Crippen molar-refractivity contribution in [2.45, 2.75) is 38.1 Å². The number of methoxy groups -OCH3 is 1. The van der Waals surface area contributed by atoms with Crippen molar-refractivity contribution in [3.05, 3.63) is 76.3 Å². The lowest BCUT2D eigenvalue weighted by Gasteiger charge is -2.27. The van der Waals surface area contributed by atoms with Crippen LogP contribution in [0.15, 0.2) is 53.7 Å². The Morgan fingerprint density at radius 2 is 2.00 bits per heavy atom. The SMILES string of the molecule is COc1ccc(Cl)cc1-n1c(C)cc([C@@H]2[C@H](c3ccccn3)N=C3S[C@@H](C)CN32)c1C. The molecule has 1 fully saturated rings. The van der Waals surface area contributed by atoms with Crippen molar-refractivity contribution < 1.29 is 4.74 Å². The molecule has 0 unspecified atom stereocenters. The molecular weight excluding hydrogens is 428 g/mol. The molecule has 0 spiro atoms. The lowest BCUT2D eigenvalue weighted by atomic mass is 9.96. The van der Waals surface area contributed by atoms with Gasteiger partial charge in [-0.25, -0.2) is 0 Å². The average Bonchev–Trinajstić information content (AvgIpc) is 3.38. The smallest absolute Gasteiger partial charge is 0.160 e. The van der Waals surface area contributed by atoms with Crippen LogP contribution in [0.25, 0.3) is 5.69 Å². The summed E-state index contributed by atoms with van der Waals surface area (Å²) in [5, 5.41) is 2.34. The van der Waals surface area contributed by atoms with E-state index in [2.05, 4.69) is 47.4 Å². The van der Waals surface area contributed by atoms with Crippen LogP contribution in [-0.4, -0.2) is 38.5 Å². The number of pyridine rings is 1. The van der Waals surface area contributed by atoms with Crippen LogP contribution in [-0.2, 0) is 0 Å². The number of nitrogens with zero attached hydrogens (tertiary/aromatic N) is 4. The second-order valence-corrected chi connectivity index (χ2v) is 9.96. The highest BCUT2D eigenvalue weighted by atomic mass is 35.5. The van der Waals surface area contributed by atoms with E-state index < -0.39 is 0 Å². The summed E-state index contributed by atoms with van der Waals surface area (Å²) in [4.78, 5) is 12.2. The molecule has 0 N–H and O–H groups in total. The normalized spacial score (nSPS) is 22.5. The van der Waals surface area contributed by atoms with E-state index >= 15 is 0 Å². The van der Waals surface area contributed by atoms with Crippen LogP contribution < -0.4 is 4.74 Å². The molecule has 5 nitrogen and oxygen atoms in total. The lowest BCUT2D eigenvalue weighted by Crippen LogP contribution is -2.28. The third kappa shape index (κ3) is 3.42. The molecule has 0 bridgehead atoms. The maximum absolute atomic E-state index is 6.35. The molecule has 2 aromatic heterocycles. The number of rotatable bonds is 4. The Labute approximate surface area is 192 Å². The average molecular weight is 453 g/mol. The van der Waals surface area contributed by atoms with Gasteiger partial charge in [0.15, 0.2) is 5.17 Å². The van der Waals surface area contributed by atoms with E-state index in [1.54, 1.807) is 7.11 Å². The van der Waals surface area contributed by atoms with E-state index in [0.717, 1.165) is 34.5 Å². The predicted molar refractivity (Wildman–Crippen MR) is 128 cm³/mol. The molecule has 3 atom stereocenters. The second kappa shape index (κ2) is 7.92. The fraction of sp³-hybridized carbons (Fsp3) is 0.333. The number of aromatic nitrogens is 2. The number of hydrogen-bond acceptors (Lipinski definition) is 5. The highest BCUT2D eigenvalue weighted by Gasteiger charge is 2.44. The van der Waals surface area contributed by atoms with Crippen molar-refractivity contribution in [1.82, 2.24) is 14.5 Å². The van der Waals surface area contributed by atoms with Gasteiger partial charge in [-0.15, -0.1) is 0 Å². The molecule has 2 aliphatic rings. The minimum Gasteiger partial charge on any atom is -0.495 e. The van der Waals surface area contributed by atoms with E-state index in [9.17, 15) is 0 Å². The number of amidine groups is 1. The van der Waals surface area contributed by atoms with E-state index in [1.807, 2.05) is 48.3 Å². The maximum atomic E-state index is 6.35. The zero-order chi connectivity index (χ0) is 21.7. The first-order valence-corrected chi connectivity index (χ1v) is 11.7. The Kier molecular flexibility index (Phi) is 5.22. The third-order valence-corrected chi connectivity index (χ3v) is 7.39. The number of halogens is 1. The molecule has 0 radical (unpaired) electrons. The van der Waals surface area contributed by atoms with Gasteiger partial charge in [-0.2, -0.15) is 0 Å². The number of benzene rings is 1. The van der Waals surface area contributed by atoms with Crippen molar-refractivity contribution in [3.8, 4) is 11.4 Å². The molecule has 1 aromatic carbocycles. The number of aliphatic imine (C=N–C) groups is 1. The minimum absolute atomic E-state index is 0.0218. The van der Waals surface area contributed by atoms with E-state index in [1.165, 1.54) is 11.3 Å². The topological polar surface area (TPSA) is 42.6 Å². The second-order valence-electron chi connectivity index (χ2n) is 8.11. The Morgan fingerprint density at radius 1 is 1.16 bits per heavy atom. The Bertz CT molecular complexity index is 1160. The van der Waals surface area contributed by atoms with Gasteiger partial charge < -0.3 is 14.2 Å². The van der Waals surface area contributed by atoms with Gasteiger partial charge in [-0.1, -0.05) is 36.4 Å². The standard InChI is InChI=1S/C24H25ClN4OS/c1-14-11-18(16(3)29(14)20-12-17(25)8-9-21(20)30-4)23-22(19-7-5-6-10-26-19)27-24-28(23)13-15(2)31-24/h5-12,15,22-23H,13H2,1-4H3/t15-,22-,23+/m0/s1. The van der Waals surface area contributed by atoms with Gasteiger partial charge in [0.2, 0.25) is 0 Å². The van der Waals surface area contributed by atoms with E-state index in [0.29, 0.717) is 10.3 Å². The highest BCUT2D eigenvalue weighted by Crippen LogP contribution is 2.49. The molecule has 4 heterocycles. The minimum atomic E-state index is -0.0218. The first kappa shape index (κ1) is 20.5. The fourth-order valence-corrected chi connectivity index (χ4v) is 6.01. The van der Waals surface area contributed by atoms with Crippen molar-refractivity contribution in [3.63, 3.8) is 0 Å². The quantitative estimate of drug-likeness (QED) is 0.506. The van der Waals surface area contributed by atoms with Crippen molar-refractivity contribution in [1.29, 1.82) is 0 Å². The maximum Gasteiger partial charge on any atom is 0.160 e. The van der Waals surface area contributed by atoms with Crippen LogP contribution in [0.4, 0.5) is 0 Å². The molecule has 1 saturated heterocycles.